The molecule has 0 radical (unpaired) electrons. The topological polar surface area (TPSA) is 37.8 Å². The number of nitrogens with one attached hydrogen (secondary N) is 1. The van der Waals surface area contributed by atoms with Gasteiger partial charge in [0, 0.05) is 18.4 Å². The fourth-order valence-electron chi connectivity index (χ4n) is 2.62. The van der Waals surface area contributed by atoms with Crippen LogP contribution < -0.4 is 5.32 Å². The van der Waals surface area contributed by atoms with Crippen molar-refractivity contribution in [3.05, 3.63) is 24.3 Å². The van der Waals surface area contributed by atoms with Crippen LogP contribution in [0.2, 0.25) is 0 Å². The average Bonchev–Trinajstić information content (AvgIpc) is 2.80. The van der Waals surface area contributed by atoms with Gasteiger partial charge in [0.2, 0.25) is 0 Å². The number of nitrogens with zero attached hydrogens (tertiary/aromatic N) is 2. The highest BCUT2D eigenvalue weighted by Crippen LogP contribution is 2.43. The molecule has 0 spiro atoms. The molecule has 0 aromatic carbocycles. The molecule has 2 saturated heterocycles. The summed E-state index contributed by atoms with van der Waals surface area (Å²) < 4.78 is 0. The second-order valence-electron chi connectivity index (χ2n) is 4.07. The molecule has 3 heteroatoms. The predicted molar refractivity (Wildman–Crippen MR) is 49.1 cm³/mol. The van der Waals surface area contributed by atoms with E-state index in [0.29, 0.717) is 0 Å². The van der Waals surface area contributed by atoms with E-state index < -0.39 is 0 Å². The summed E-state index contributed by atoms with van der Waals surface area (Å²) in [4.78, 5) is 8.71. The molecule has 2 aliphatic rings. The second kappa shape index (κ2) is 2.51. The lowest BCUT2D eigenvalue weighted by molar-refractivity contribution is 0.376. The molecular weight excluding hydrogens is 162 g/mol. The van der Waals surface area contributed by atoms with Gasteiger partial charge in [0.05, 0.1) is 5.54 Å². The lowest BCUT2D eigenvalue weighted by atomic mass is 9.87. The molecule has 0 amide bonds. The minimum absolute atomic E-state index is 0.131. The third kappa shape index (κ3) is 1.000. The largest absolute Gasteiger partial charge is 0.302 e. The minimum atomic E-state index is 0.131. The van der Waals surface area contributed by atoms with Crippen molar-refractivity contribution in [3.63, 3.8) is 0 Å². The summed E-state index contributed by atoms with van der Waals surface area (Å²) in [6, 6.07) is 2.60. The van der Waals surface area contributed by atoms with Crippen LogP contribution in [0.1, 0.15) is 31.5 Å². The third-order valence-electron chi connectivity index (χ3n) is 3.31. The Labute approximate surface area is 77.6 Å². The van der Waals surface area contributed by atoms with Gasteiger partial charge in [-0.3, -0.25) is 0 Å². The number of aromatic nitrogens is 2. The molecule has 0 aliphatic carbocycles. The SMILES string of the molecule is c1cnc(C23CCC(CC2)N3)nc1. The molecule has 0 atom stereocenters. The van der Waals surface area contributed by atoms with Crippen LogP contribution in [0.4, 0.5) is 0 Å². The number of hydrogen-bond acceptors (Lipinski definition) is 3. The van der Waals surface area contributed by atoms with Crippen molar-refractivity contribution in [2.75, 3.05) is 0 Å². The molecule has 1 aromatic rings. The van der Waals surface area contributed by atoms with Crippen LogP contribution >= 0.6 is 0 Å². The third-order valence-corrected chi connectivity index (χ3v) is 3.31. The van der Waals surface area contributed by atoms with Crippen LogP contribution in [0, 0.1) is 0 Å². The minimum Gasteiger partial charge on any atom is -0.302 e. The highest BCUT2D eigenvalue weighted by molar-refractivity contribution is 5.15. The molecule has 13 heavy (non-hydrogen) atoms. The molecule has 2 aliphatic heterocycles. The van der Waals surface area contributed by atoms with Gasteiger partial charge in [-0.1, -0.05) is 0 Å². The van der Waals surface area contributed by atoms with E-state index in [1.165, 1.54) is 25.7 Å². The van der Waals surface area contributed by atoms with Crippen LogP contribution in [-0.4, -0.2) is 16.0 Å². The average molecular weight is 175 g/mol. The lowest BCUT2D eigenvalue weighted by Gasteiger charge is -2.23. The van der Waals surface area contributed by atoms with Crippen LogP contribution in [-0.2, 0) is 5.54 Å². The van der Waals surface area contributed by atoms with Crippen LogP contribution in [0.5, 0.6) is 0 Å². The Bertz CT molecular complexity index is 301. The molecule has 1 aromatic heterocycles. The number of fused-ring (bicyclic) bond motifs is 2. The zero-order valence-corrected chi connectivity index (χ0v) is 7.53. The fourth-order valence-corrected chi connectivity index (χ4v) is 2.62. The van der Waals surface area contributed by atoms with Gasteiger partial charge in [-0.15, -0.1) is 0 Å². The first kappa shape index (κ1) is 7.44. The van der Waals surface area contributed by atoms with Crippen molar-refractivity contribution >= 4 is 0 Å². The molecule has 0 unspecified atom stereocenters. The van der Waals surface area contributed by atoms with Gasteiger partial charge in [0.1, 0.15) is 5.82 Å². The summed E-state index contributed by atoms with van der Waals surface area (Å²) in [6.07, 6.45) is 8.68. The van der Waals surface area contributed by atoms with Gasteiger partial charge in [-0.25, -0.2) is 9.97 Å². The van der Waals surface area contributed by atoms with Crippen LogP contribution in [0.25, 0.3) is 0 Å². The van der Waals surface area contributed by atoms with E-state index in [1.54, 1.807) is 0 Å². The standard InChI is InChI=1S/C10H13N3/c1-6-11-9(12-7-1)10-4-2-8(13-10)3-5-10/h1,6-8,13H,2-5H2. The summed E-state index contributed by atoms with van der Waals surface area (Å²) in [5.74, 6) is 0.995. The van der Waals surface area contributed by atoms with Crippen molar-refractivity contribution in [3.8, 4) is 0 Å². The van der Waals surface area contributed by atoms with E-state index in [9.17, 15) is 0 Å². The lowest BCUT2D eigenvalue weighted by Crippen LogP contribution is -2.35. The first-order chi connectivity index (χ1) is 6.39. The molecule has 1 N–H and O–H groups in total. The summed E-state index contributed by atoms with van der Waals surface area (Å²) in [5, 5.41) is 3.63. The summed E-state index contributed by atoms with van der Waals surface area (Å²) in [7, 11) is 0. The second-order valence-corrected chi connectivity index (χ2v) is 4.07. The van der Waals surface area contributed by atoms with Gasteiger partial charge in [-0.05, 0) is 31.7 Å². The molecule has 2 bridgehead atoms. The van der Waals surface area contributed by atoms with Gasteiger partial charge >= 0.3 is 0 Å². The van der Waals surface area contributed by atoms with Gasteiger partial charge < -0.3 is 5.32 Å². The van der Waals surface area contributed by atoms with Crippen molar-refractivity contribution < 1.29 is 0 Å². The normalized spacial score (nSPS) is 36.8. The summed E-state index contributed by atoms with van der Waals surface area (Å²) in [5.41, 5.74) is 0.131. The Morgan fingerprint density at radius 3 is 2.46 bits per heavy atom. The zero-order valence-electron chi connectivity index (χ0n) is 7.53. The molecule has 3 nitrogen and oxygen atoms in total. The number of hydrogen-bond donors (Lipinski definition) is 1. The maximum atomic E-state index is 4.36. The Hall–Kier alpha value is -0.960. The van der Waals surface area contributed by atoms with E-state index in [1.807, 2.05) is 18.5 Å². The quantitative estimate of drug-likeness (QED) is 0.697. The Morgan fingerprint density at radius 1 is 1.23 bits per heavy atom. The van der Waals surface area contributed by atoms with Crippen molar-refractivity contribution in [2.45, 2.75) is 37.3 Å². The fraction of sp³-hybridized carbons (Fsp3) is 0.600. The number of rotatable bonds is 1. The van der Waals surface area contributed by atoms with E-state index in [-0.39, 0.29) is 5.54 Å². The maximum Gasteiger partial charge on any atom is 0.148 e. The highest BCUT2D eigenvalue weighted by Gasteiger charge is 2.47. The van der Waals surface area contributed by atoms with Crippen LogP contribution in [0.15, 0.2) is 18.5 Å². The van der Waals surface area contributed by atoms with Gasteiger partial charge in [-0.2, -0.15) is 0 Å². The summed E-state index contributed by atoms with van der Waals surface area (Å²) in [6.45, 7) is 0. The Kier molecular flexibility index (Phi) is 1.44. The van der Waals surface area contributed by atoms with Crippen LogP contribution in [0.3, 0.4) is 0 Å². The van der Waals surface area contributed by atoms with Crippen molar-refractivity contribution in [2.24, 2.45) is 0 Å². The first-order valence-corrected chi connectivity index (χ1v) is 4.94. The Morgan fingerprint density at radius 2 is 1.92 bits per heavy atom. The molecule has 68 valence electrons. The monoisotopic (exact) mass is 175 g/mol. The van der Waals surface area contributed by atoms with Crippen molar-refractivity contribution in [1.82, 2.24) is 15.3 Å². The smallest absolute Gasteiger partial charge is 0.148 e. The van der Waals surface area contributed by atoms with Crippen molar-refractivity contribution in [1.29, 1.82) is 0 Å². The molecule has 0 saturated carbocycles. The molecular formula is C10H13N3. The molecule has 3 rings (SSSR count). The van der Waals surface area contributed by atoms with E-state index in [2.05, 4.69) is 15.3 Å². The summed E-state index contributed by atoms with van der Waals surface area (Å²) >= 11 is 0. The highest BCUT2D eigenvalue weighted by atomic mass is 15.1. The molecule has 2 fully saturated rings. The van der Waals surface area contributed by atoms with E-state index in [0.717, 1.165) is 11.9 Å². The van der Waals surface area contributed by atoms with E-state index in [4.69, 9.17) is 0 Å². The van der Waals surface area contributed by atoms with E-state index >= 15 is 0 Å². The zero-order chi connectivity index (χ0) is 8.73. The van der Waals surface area contributed by atoms with Gasteiger partial charge in [0.15, 0.2) is 0 Å². The van der Waals surface area contributed by atoms with Gasteiger partial charge in [0.25, 0.3) is 0 Å². The molecule has 3 heterocycles. The maximum absolute atomic E-state index is 4.36. The first-order valence-electron chi connectivity index (χ1n) is 4.94. The predicted octanol–water partition coefficient (Wildman–Crippen LogP) is 1.22. The Balaban J connectivity index is 2.00.